The second-order valence-electron chi connectivity index (χ2n) is 8.16. The van der Waals surface area contributed by atoms with Gasteiger partial charge in [0, 0.05) is 25.7 Å². The molecule has 1 aliphatic rings. The molecule has 1 fully saturated rings. The van der Waals surface area contributed by atoms with Crippen LogP contribution in [-0.4, -0.2) is 53.2 Å². The van der Waals surface area contributed by atoms with Crippen molar-refractivity contribution in [3.63, 3.8) is 0 Å². The first-order valence-corrected chi connectivity index (χ1v) is 12.1. The number of rotatable bonds is 6. The van der Waals surface area contributed by atoms with Crippen molar-refractivity contribution < 1.29 is 18.0 Å². The normalized spacial score (nSPS) is 19.0. The number of fused-ring (bicyclic) bond motifs is 1. The Hall–Kier alpha value is -2.95. The number of hydrogen-bond donors (Lipinski definition) is 1. The molecule has 0 spiro atoms. The molecule has 0 bridgehead atoms. The van der Waals surface area contributed by atoms with E-state index in [0.717, 1.165) is 14.7 Å². The molecule has 1 atom stereocenters. The highest BCUT2D eigenvalue weighted by molar-refractivity contribution is 7.89. The van der Waals surface area contributed by atoms with Gasteiger partial charge in [-0.05, 0) is 49.7 Å². The maximum absolute atomic E-state index is 13.3. The summed E-state index contributed by atoms with van der Waals surface area (Å²) in [5.74, 6) is 0.0798. The molecule has 1 saturated heterocycles. The van der Waals surface area contributed by atoms with Gasteiger partial charge in [-0.15, -0.1) is 0 Å². The predicted octanol–water partition coefficient (Wildman–Crippen LogP) is 2.93. The zero-order chi connectivity index (χ0) is 24.1. The third-order valence-electron chi connectivity index (χ3n) is 5.89. The van der Waals surface area contributed by atoms with Gasteiger partial charge in [-0.3, -0.25) is 9.69 Å². The summed E-state index contributed by atoms with van der Waals surface area (Å²) in [6, 6.07) is 10.9. The lowest BCUT2D eigenvalue weighted by Gasteiger charge is -2.22. The molecule has 2 heterocycles. The second kappa shape index (κ2) is 8.12. The number of imide groups is 1. The smallest absolute Gasteiger partial charge is 0.325 e. The number of aromatic nitrogens is 2. The molecule has 33 heavy (non-hydrogen) atoms. The van der Waals surface area contributed by atoms with Gasteiger partial charge in [0.2, 0.25) is 10.0 Å². The van der Waals surface area contributed by atoms with Gasteiger partial charge in [-0.2, -0.15) is 0 Å². The minimum absolute atomic E-state index is 0.0495. The molecule has 9 nitrogen and oxygen atoms in total. The number of halogens is 1. The number of sulfonamides is 1. The van der Waals surface area contributed by atoms with E-state index in [1.54, 1.807) is 37.3 Å². The Morgan fingerprint density at radius 2 is 1.79 bits per heavy atom. The summed E-state index contributed by atoms with van der Waals surface area (Å²) in [6.07, 6.45) is 0. The summed E-state index contributed by atoms with van der Waals surface area (Å²) < 4.78 is 28.0. The fraction of sp³-hybridized carbons (Fsp3) is 0.318. The molecule has 3 amide bonds. The Bertz CT molecular complexity index is 1370. The Balaban J connectivity index is 1.70. The zero-order valence-electron chi connectivity index (χ0n) is 18.7. The van der Waals surface area contributed by atoms with Crippen LogP contribution >= 0.6 is 11.6 Å². The summed E-state index contributed by atoms with van der Waals surface area (Å²) in [5.41, 5.74) is 0.591. The number of benzene rings is 2. The average Bonchev–Trinajstić information content (AvgIpc) is 3.23. The van der Waals surface area contributed by atoms with Crippen LogP contribution in [0.3, 0.4) is 0 Å². The lowest BCUT2D eigenvalue weighted by Crippen LogP contribution is -2.40. The van der Waals surface area contributed by atoms with E-state index in [2.05, 4.69) is 10.3 Å². The van der Waals surface area contributed by atoms with E-state index in [9.17, 15) is 18.0 Å². The first kappa shape index (κ1) is 23.2. The van der Waals surface area contributed by atoms with Crippen LogP contribution in [0.5, 0.6) is 0 Å². The van der Waals surface area contributed by atoms with Gasteiger partial charge < -0.3 is 9.88 Å². The number of hydrogen-bond acceptors (Lipinski definition) is 5. The van der Waals surface area contributed by atoms with Gasteiger partial charge in [-0.25, -0.2) is 22.5 Å². The van der Waals surface area contributed by atoms with Gasteiger partial charge in [0.1, 0.15) is 11.4 Å². The van der Waals surface area contributed by atoms with Gasteiger partial charge >= 0.3 is 6.03 Å². The highest BCUT2D eigenvalue weighted by Crippen LogP contribution is 2.31. The molecular weight excluding hydrogens is 466 g/mol. The van der Waals surface area contributed by atoms with Crippen LogP contribution in [-0.2, 0) is 33.4 Å². The van der Waals surface area contributed by atoms with Crippen molar-refractivity contribution in [1.82, 2.24) is 24.1 Å². The fourth-order valence-electron chi connectivity index (χ4n) is 3.97. The molecular formula is C22H24ClN5O4S. The number of imidazole rings is 1. The number of nitrogens with zero attached hydrogens (tertiary/aromatic N) is 4. The van der Waals surface area contributed by atoms with E-state index >= 15 is 0 Å². The van der Waals surface area contributed by atoms with Crippen molar-refractivity contribution in [3.05, 3.63) is 58.9 Å². The van der Waals surface area contributed by atoms with Gasteiger partial charge in [0.25, 0.3) is 5.91 Å². The Morgan fingerprint density at radius 1 is 1.12 bits per heavy atom. The monoisotopic (exact) mass is 489 g/mol. The van der Waals surface area contributed by atoms with Crippen LogP contribution in [0.4, 0.5) is 4.79 Å². The minimum atomic E-state index is -3.62. The SMILES string of the molecule is CCn1c(CN2C(=O)N[C@](C)(c3ccc(Cl)cc3)C2=O)nc2cc(S(=O)(=O)N(C)C)ccc21. The second-order valence-corrected chi connectivity index (χ2v) is 10.8. The van der Waals surface area contributed by atoms with Crippen molar-refractivity contribution in [2.45, 2.75) is 37.4 Å². The molecule has 11 heteroatoms. The molecule has 0 aliphatic carbocycles. The first-order chi connectivity index (χ1) is 15.5. The summed E-state index contributed by atoms with van der Waals surface area (Å²) in [4.78, 5) is 31.9. The number of carbonyl (C=O) groups excluding carboxylic acids is 2. The van der Waals surface area contributed by atoms with Crippen molar-refractivity contribution in [1.29, 1.82) is 0 Å². The molecule has 0 radical (unpaired) electrons. The number of aryl methyl sites for hydroxylation is 1. The predicted molar refractivity (Wildman–Crippen MR) is 124 cm³/mol. The third-order valence-corrected chi connectivity index (χ3v) is 7.95. The molecule has 0 saturated carbocycles. The number of carbonyl (C=O) groups is 2. The maximum Gasteiger partial charge on any atom is 0.325 e. The van der Waals surface area contributed by atoms with E-state index in [1.165, 1.54) is 26.2 Å². The molecule has 0 unspecified atom stereocenters. The maximum atomic E-state index is 13.3. The Kier molecular flexibility index (Phi) is 5.71. The standard InChI is InChI=1S/C22H24ClN5O4S/c1-5-27-18-11-10-16(33(31,32)26(3)4)12-17(18)24-19(27)13-28-20(29)22(2,25-21(28)30)14-6-8-15(23)9-7-14/h6-12H,5,13H2,1-4H3,(H,25,30)/t22-/m1/s1. The summed E-state index contributed by atoms with van der Waals surface area (Å²) in [7, 11) is -0.695. The van der Waals surface area contributed by atoms with Crippen LogP contribution in [0.25, 0.3) is 11.0 Å². The number of nitrogens with one attached hydrogen (secondary N) is 1. The quantitative estimate of drug-likeness (QED) is 0.536. The summed E-state index contributed by atoms with van der Waals surface area (Å²) in [5, 5.41) is 3.30. The molecule has 1 aromatic heterocycles. The zero-order valence-corrected chi connectivity index (χ0v) is 20.2. The highest BCUT2D eigenvalue weighted by Gasteiger charge is 2.49. The molecule has 1 N–H and O–H groups in total. The van der Waals surface area contributed by atoms with Crippen molar-refractivity contribution in [2.75, 3.05) is 14.1 Å². The number of urea groups is 1. The van der Waals surface area contributed by atoms with Crippen LogP contribution in [0, 0.1) is 0 Å². The van der Waals surface area contributed by atoms with Crippen LogP contribution in [0.1, 0.15) is 25.2 Å². The fourth-order valence-corrected chi connectivity index (χ4v) is 5.01. The van der Waals surface area contributed by atoms with Gasteiger partial charge in [0.15, 0.2) is 0 Å². The highest BCUT2D eigenvalue weighted by atomic mass is 35.5. The molecule has 1 aliphatic heterocycles. The average molecular weight is 490 g/mol. The van der Waals surface area contributed by atoms with Crippen LogP contribution in [0.2, 0.25) is 5.02 Å². The van der Waals surface area contributed by atoms with Gasteiger partial charge in [0.05, 0.1) is 22.5 Å². The van der Waals surface area contributed by atoms with Crippen LogP contribution in [0.15, 0.2) is 47.4 Å². The molecule has 3 aromatic rings. The van der Waals surface area contributed by atoms with Crippen molar-refractivity contribution in [2.24, 2.45) is 0 Å². The van der Waals surface area contributed by atoms with E-state index in [0.29, 0.717) is 28.5 Å². The lowest BCUT2D eigenvalue weighted by atomic mass is 9.92. The van der Waals surface area contributed by atoms with Crippen LogP contribution < -0.4 is 5.32 Å². The molecule has 4 rings (SSSR count). The van der Waals surface area contributed by atoms with Crippen molar-refractivity contribution >= 4 is 44.6 Å². The first-order valence-electron chi connectivity index (χ1n) is 10.3. The Morgan fingerprint density at radius 3 is 2.39 bits per heavy atom. The third kappa shape index (κ3) is 3.77. The summed E-state index contributed by atoms with van der Waals surface area (Å²) >= 11 is 5.96. The number of amides is 3. The van der Waals surface area contributed by atoms with Crippen molar-refractivity contribution in [3.8, 4) is 0 Å². The van der Waals surface area contributed by atoms with E-state index < -0.39 is 27.5 Å². The largest absolute Gasteiger partial charge is 0.327 e. The Labute approximate surface area is 197 Å². The van der Waals surface area contributed by atoms with E-state index in [4.69, 9.17) is 11.6 Å². The van der Waals surface area contributed by atoms with E-state index in [1.807, 2.05) is 11.5 Å². The lowest BCUT2D eigenvalue weighted by molar-refractivity contribution is -0.131. The minimum Gasteiger partial charge on any atom is -0.327 e. The van der Waals surface area contributed by atoms with Gasteiger partial charge in [-0.1, -0.05) is 23.7 Å². The summed E-state index contributed by atoms with van der Waals surface area (Å²) in [6.45, 7) is 4.05. The van der Waals surface area contributed by atoms with E-state index in [-0.39, 0.29) is 11.4 Å². The molecule has 2 aromatic carbocycles. The topological polar surface area (TPSA) is 105 Å². The molecule has 174 valence electrons.